The Morgan fingerprint density at radius 3 is 3.00 bits per heavy atom. The average molecular weight is 236 g/mol. The first kappa shape index (κ1) is 12.1. The number of hydrogen-bond donors (Lipinski definition) is 2. The van der Waals surface area contributed by atoms with Gasteiger partial charge in [0.2, 0.25) is 5.91 Å². The number of nitrogens with one attached hydrogen (secondary N) is 1. The Bertz CT molecular complexity index is 411. The normalized spacial score (nSPS) is 14.5. The predicted octanol–water partition coefficient (Wildman–Crippen LogP) is 0.840. The molecular weight excluding hydrogens is 216 g/mol. The number of aromatic nitrogens is 2. The first-order valence-electron chi connectivity index (χ1n) is 6.26. The molecule has 0 aliphatic heterocycles. The average Bonchev–Trinajstić information content (AvgIpc) is 2.66. The van der Waals surface area contributed by atoms with Crippen LogP contribution in [0.25, 0.3) is 0 Å². The van der Waals surface area contributed by atoms with E-state index in [1.54, 1.807) is 0 Å². The van der Waals surface area contributed by atoms with Gasteiger partial charge in [0.1, 0.15) is 5.82 Å². The van der Waals surface area contributed by atoms with Gasteiger partial charge in [0.15, 0.2) is 0 Å². The molecule has 1 aliphatic carbocycles. The molecule has 0 atom stereocenters. The first-order chi connectivity index (χ1) is 8.22. The standard InChI is InChI=1S/C12H20N4O/c1-9-14-10-5-2-3-6-11(10)16(9)8-4-7-12(17)15-13/h2-8,13H2,1H3,(H,15,17). The summed E-state index contributed by atoms with van der Waals surface area (Å²) in [7, 11) is 0. The molecule has 17 heavy (non-hydrogen) atoms. The lowest BCUT2D eigenvalue weighted by molar-refractivity contribution is -0.121. The molecule has 0 aromatic carbocycles. The quantitative estimate of drug-likeness (QED) is 0.462. The maximum Gasteiger partial charge on any atom is 0.233 e. The monoisotopic (exact) mass is 236 g/mol. The van der Waals surface area contributed by atoms with Crippen molar-refractivity contribution in [1.82, 2.24) is 15.0 Å². The van der Waals surface area contributed by atoms with Gasteiger partial charge in [-0.15, -0.1) is 0 Å². The van der Waals surface area contributed by atoms with Crippen molar-refractivity contribution in [1.29, 1.82) is 0 Å². The van der Waals surface area contributed by atoms with Crippen molar-refractivity contribution in [2.75, 3.05) is 0 Å². The second-order valence-corrected chi connectivity index (χ2v) is 4.58. The lowest BCUT2D eigenvalue weighted by Crippen LogP contribution is -2.29. The van der Waals surface area contributed by atoms with Crippen molar-refractivity contribution in [3.8, 4) is 0 Å². The SMILES string of the molecule is Cc1nc2c(n1CCCC(=O)NN)CCCC2. The third-order valence-corrected chi connectivity index (χ3v) is 3.37. The molecular formula is C12H20N4O. The molecule has 1 aromatic heterocycles. The minimum atomic E-state index is -0.100. The Balaban J connectivity index is 2.00. The smallest absolute Gasteiger partial charge is 0.233 e. The minimum Gasteiger partial charge on any atom is -0.332 e. The Hall–Kier alpha value is -1.36. The predicted molar refractivity (Wildman–Crippen MR) is 65.2 cm³/mol. The highest BCUT2D eigenvalue weighted by Crippen LogP contribution is 2.22. The van der Waals surface area contributed by atoms with Gasteiger partial charge in [-0.2, -0.15) is 0 Å². The summed E-state index contributed by atoms with van der Waals surface area (Å²) in [4.78, 5) is 15.7. The van der Waals surface area contributed by atoms with Crippen molar-refractivity contribution < 1.29 is 4.79 Å². The molecule has 94 valence electrons. The van der Waals surface area contributed by atoms with E-state index in [0.717, 1.165) is 31.6 Å². The number of hydrazine groups is 1. The van der Waals surface area contributed by atoms with Gasteiger partial charge < -0.3 is 4.57 Å². The molecule has 0 unspecified atom stereocenters. The molecule has 5 nitrogen and oxygen atoms in total. The Morgan fingerprint density at radius 2 is 2.24 bits per heavy atom. The number of amides is 1. The van der Waals surface area contributed by atoms with Crippen LogP contribution in [-0.4, -0.2) is 15.5 Å². The maximum atomic E-state index is 11.1. The number of carbonyl (C=O) groups excluding carboxylic acids is 1. The summed E-state index contributed by atoms with van der Waals surface area (Å²) >= 11 is 0. The number of carbonyl (C=O) groups is 1. The number of fused-ring (bicyclic) bond motifs is 1. The van der Waals surface area contributed by atoms with Gasteiger partial charge in [-0.3, -0.25) is 10.2 Å². The van der Waals surface area contributed by atoms with Crippen molar-refractivity contribution in [2.24, 2.45) is 5.84 Å². The molecule has 1 heterocycles. The van der Waals surface area contributed by atoms with E-state index in [0.29, 0.717) is 6.42 Å². The Kier molecular flexibility index (Phi) is 3.78. The van der Waals surface area contributed by atoms with Crippen LogP contribution in [0.1, 0.15) is 42.9 Å². The van der Waals surface area contributed by atoms with Crippen LogP contribution in [0.3, 0.4) is 0 Å². The summed E-state index contributed by atoms with van der Waals surface area (Å²) in [6.45, 7) is 2.91. The molecule has 0 bridgehead atoms. The van der Waals surface area contributed by atoms with Crippen LogP contribution in [0.5, 0.6) is 0 Å². The fourth-order valence-electron chi connectivity index (χ4n) is 2.50. The molecule has 0 saturated carbocycles. The molecule has 1 aromatic rings. The molecule has 2 rings (SSSR count). The number of aryl methyl sites for hydroxylation is 2. The van der Waals surface area contributed by atoms with E-state index in [1.807, 2.05) is 6.92 Å². The van der Waals surface area contributed by atoms with Crippen molar-refractivity contribution in [2.45, 2.75) is 52.0 Å². The second-order valence-electron chi connectivity index (χ2n) is 4.58. The van der Waals surface area contributed by atoms with Gasteiger partial charge in [0.05, 0.1) is 5.69 Å². The number of nitrogens with zero attached hydrogens (tertiary/aromatic N) is 2. The molecule has 3 N–H and O–H groups in total. The highest BCUT2D eigenvalue weighted by molar-refractivity contribution is 5.75. The van der Waals surface area contributed by atoms with Crippen LogP contribution in [0.2, 0.25) is 0 Å². The molecule has 0 spiro atoms. The van der Waals surface area contributed by atoms with Crippen LogP contribution in [-0.2, 0) is 24.2 Å². The summed E-state index contributed by atoms with van der Waals surface area (Å²) in [6, 6.07) is 0. The van der Waals surface area contributed by atoms with E-state index in [4.69, 9.17) is 5.84 Å². The lowest BCUT2D eigenvalue weighted by Gasteiger charge is -2.14. The summed E-state index contributed by atoms with van der Waals surface area (Å²) in [5.74, 6) is 6.03. The van der Waals surface area contributed by atoms with E-state index >= 15 is 0 Å². The molecule has 1 aliphatic rings. The fourth-order valence-corrected chi connectivity index (χ4v) is 2.50. The van der Waals surface area contributed by atoms with Crippen LogP contribution in [0, 0.1) is 6.92 Å². The van der Waals surface area contributed by atoms with E-state index in [9.17, 15) is 4.79 Å². The van der Waals surface area contributed by atoms with Crippen molar-refractivity contribution >= 4 is 5.91 Å². The summed E-state index contributed by atoms with van der Waals surface area (Å²) in [5.41, 5.74) is 4.80. The van der Waals surface area contributed by atoms with Gasteiger partial charge in [0, 0.05) is 18.7 Å². The number of nitrogens with two attached hydrogens (primary N) is 1. The van der Waals surface area contributed by atoms with Gasteiger partial charge in [-0.05, 0) is 39.0 Å². The lowest BCUT2D eigenvalue weighted by atomic mass is 10.0. The van der Waals surface area contributed by atoms with Gasteiger partial charge in [-0.1, -0.05) is 0 Å². The van der Waals surface area contributed by atoms with Crippen molar-refractivity contribution in [3.63, 3.8) is 0 Å². The van der Waals surface area contributed by atoms with Crippen LogP contribution in [0.4, 0.5) is 0 Å². The number of hydrogen-bond acceptors (Lipinski definition) is 3. The third-order valence-electron chi connectivity index (χ3n) is 3.37. The summed E-state index contributed by atoms with van der Waals surface area (Å²) < 4.78 is 2.26. The highest BCUT2D eigenvalue weighted by atomic mass is 16.2. The molecule has 0 fully saturated rings. The van der Waals surface area contributed by atoms with E-state index < -0.39 is 0 Å². The molecule has 0 radical (unpaired) electrons. The van der Waals surface area contributed by atoms with Crippen molar-refractivity contribution in [3.05, 3.63) is 17.2 Å². The van der Waals surface area contributed by atoms with Crippen LogP contribution >= 0.6 is 0 Å². The van der Waals surface area contributed by atoms with E-state index in [-0.39, 0.29) is 5.91 Å². The third kappa shape index (κ3) is 2.66. The topological polar surface area (TPSA) is 72.9 Å². The van der Waals surface area contributed by atoms with E-state index in [2.05, 4.69) is 15.0 Å². The second kappa shape index (κ2) is 5.31. The zero-order chi connectivity index (χ0) is 12.3. The number of imidazole rings is 1. The first-order valence-corrected chi connectivity index (χ1v) is 6.26. The van der Waals surface area contributed by atoms with Crippen LogP contribution in [0.15, 0.2) is 0 Å². The zero-order valence-electron chi connectivity index (χ0n) is 10.3. The summed E-state index contributed by atoms with van der Waals surface area (Å²) in [6.07, 6.45) is 6.02. The Labute approximate surface area is 101 Å². The van der Waals surface area contributed by atoms with Gasteiger partial charge >= 0.3 is 0 Å². The molecule has 0 saturated heterocycles. The van der Waals surface area contributed by atoms with Crippen LogP contribution < -0.4 is 11.3 Å². The summed E-state index contributed by atoms with van der Waals surface area (Å²) in [5, 5.41) is 0. The zero-order valence-corrected chi connectivity index (χ0v) is 10.3. The Morgan fingerprint density at radius 1 is 1.47 bits per heavy atom. The molecule has 1 amide bonds. The number of rotatable bonds is 4. The maximum absolute atomic E-state index is 11.1. The van der Waals surface area contributed by atoms with Gasteiger partial charge in [0.25, 0.3) is 0 Å². The molecule has 5 heteroatoms. The minimum absolute atomic E-state index is 0.100. The van der Waals surface area contributed by atoms with Gasteiger partial charge in [-0.25, -0.2) is 10.8 Å². The highest BCUT2D eigenvalue weighted by Gasteiger charge is 2.17. The largest absolute Gasteiger partial charge is 0.332 e. The fraction of sp³-hybridized carbons (Fsp3) is 0.667. The van der Waals surface area contributed by atoms with E-state index in [1.165, 1.54) is 24.2 Å².